The third-order valence-corrected chi connectivity index (χ3v) is 2.58. The van der Waals surface area contributed by atoms with E-state index >= 15 is 0 Å². The Labute approximate surface area is 85.2 Å². The fourth-order valence-corrected chi connectivity index (χ4v) is 1.81. The maximum atomic E-state index is 5.57. The minimum absolute atomic E-state index is 0.183. The predicted molar refractivity (Wildman–Crippen MR) is 53.8 cm³/mol. The van der Waals surface area contributed by atoms with Crippen LogP contribution >= 0.6 is 22.6 Å². The Morgan fingerprint density at radius 1 is 1.58 bits per heavy atom. The molecule has 1 saturated heterocycles. The summed E-state index contributed by atoms with van der Waals surface area (Å²) >= 11 is 2.26. The lowest BCUT2D eigenvalue weighted by Crippen LogP contribution is -2.18. The maximum Gasteiger partial charge on any atom is 0.150 e. The van der Waals surface area contributed by atoms with Crippen LogP contribution in [0.2, 0.25) is 0 Å². The van der Waals surface area contributed by atoms with Crippen LogP contribution in [0.4, 0.5) is 0 Å². The van der Waals surface area contributed by atoms with Crippen LogP contribution in [0.1, 0.15) is 25.5 Å². The molecule has 1 atom stereocenters. The summed E-state index contributed by atoms with van der Waals surface area (Å²) in [6.07, 6.45) is 7.60. The Bertz CT molecular complexity index is 255. The summed E-state index contributed by atoms with van der Waals surface area (Å²) in [4.78, 5) is 0. The molecule has 0 radical (unpaired) electrons. The number of aromatic nitrogens is 2. The number of halogens is 1. The highest BCUT2D eigenvalue weighted by Gasteiger charge is 2.15. The first-order chi connectivity index (χ1) is 5.86. The Balaban J connectivity index is 2.08. The van der Waals surface area contributed by atoms with Crippen molar-refractivity contribution >= 4 is 22.6 Å². The van der Waals surface area contributed by atoms with E-state index in [-0.39, 0.29) is 6.23 Å². The van der Waals surface area contributed by atoms with Gasteiger partial charge in [-0.15, -0.1) is 0 Å². The summed E-state index contributed by atoms with van der Waals surface area (Å²) < 4.78 is 8.66. The van der Waals surface area contributed by atoms with Crippen molar-refractivity contribution in [2.24, 2.45) is 0 Å². The summed E-state index contributed by atoms with van der Waals surface area (Å²) in [5.41, 5.74) is 0. The van der Waals surface area contributed by atoms with Gasteiger partial charge in [0.05, 0.1) is 9.77 Å². The van der Waals surface area contributed by atoms with E-state index in [4.69, 9.17) is 4.74 Å². The Kier molecular flexibility index (Phi) is 2.65. The van der Waals surface area contributed by atoms with Gasteiger partial charge in [-0.3, -0.25) is 0 Å². The van der Waals surface area contributed by atoms with E-state index in [0.29, 0.717) is 0 Å². The molecule has 1 aliphatic rings. The van der Waals surface area contributed by atoms with Gasteiger partial charge in [0.2, 0.25) is 0 Å². The highest BCUT2D eigenvalue weighted by molar-refractivity contribution is 14.1. The van der Waals surface area contributed by atoms with Gasteiger partial charge in [0.25, 0.3) is 0 Å². The second-order valence-electron chi connectivity index (χ2n) is 2.96. The minimum Gasteiger partial charge on any atom is -0.357 e. The van der Waals surface area contributed by atoms with Gasteiger partial charge < -0.3 is 4.74 Å². The minimum atomic E-state index is 0.183. The van der Waals surface area contributed by atoms with Crippen molar-refractivity contribution in [3.63, 3.8) is 0 Å². The number of hydrogen-bond acceptors (Lipinski definition) is 2. The molecule has 2 rings (SSSR count). The zero-order valence-corrected chi connectivity index (χ0v) is 8.90. The molecule has 0 unspecified atom stereocenters. The average molecular weight is 278 g/mol. The fourth-order valence-electron chi connectivity index (χ4n) is 1.40. The first kappa shape index (κ1) is 8.50. The molecule has 12 heavy (non-hydrogen) atoms. The largest absolute Gasteiger partial charge is 0.357 e. The van der Waals surface area contributed by atoms with Gasteiger partial charge in [-0.25, -0.2) is 4.68 Å². The van der Waals surface area contributed by atoms with E-state index in [0.717, 1.165) is 13.0 Å². The van der Waals surface area contributed by atoms with Crippen molar-refractivity contribution in [1.29, 1.82) is 0 Å². The standard InChI is InChI=1S/C8H11IN2O/c9-7-5-10-11(6-7)8-3-1-2-4-12-8/h5-6,8H,1-4H2/t8-/m0/s1. The van der Waals surface area contributed by atoms with Crippen LogP contribution in [-0.4, -0.2) is 16.4 Å². The number of ether oxygens (including phenoxy) is 1. The Hall–Kier alpha value is -0.100. The third kappa shape index (κ3) is 1.80. The van der Waals surface area contributed by atoms with Gasteiger partial charge in [-0.1, -0.05) is 0 Å². The van der Waals surface area contributed by atoms with Crippen molar-refractivity contribution in [2.45, 2.75) is 25.5 Å². The van der Waals surface area contributed by atoms with Gasteiger partial charge in [-0.05, 0) is 41.9 Å². The topological polar surface area (TPSA) is 27.1 Å². The summed E-state index contributed by atoms with van der Waals surface area (Å²) in [6, 6.07) is 0. The van der Waals surface area contributed by atoms with Crippen molar-refractivity contribution in [1.82, 2.24) is 9.78 Å². The highest BCUT2D eigenvalue weighted by atomic mass is 127. The zero-order valence-electron chi connectivity index (χ0n) is 6.74. The SMILES string of the molecule is Ic1cnn([C@@H]2CCCCO2)c1. The van der Waals surface area contributed by atoms with E-state index in [9.17, 15) is 0 Å². The summed E-state index contributed by atoms with van der Waals surface area (Å²) in [6.45, 7) is 0.876. The second kappa shape index (κ2) is 3.74. The first-order valence-corrected chi connectivity index (χ1v) is 5.25. The van der Waals surface area contributed by atoms with Crippen molar-refractivity contribution in [2.75, 3.05) is 6.61 Å². The van der Waals surface area contributed by atoms with Gasteiger partial charge >= 0.3 is 0 Å². The maximum absolute atomic E-state index is 5.57. The Morgan fingerprint density at radius 2 is 2.50 bits per heavy atom. The number of nitrogens with zero attached hydrogens (tertiary/aromatic N) is 2. The summed E-state index contributed by atoms with van der Waals surface area (Å²) in [7, 11) is 0. The van der Waals surface area contributed by atoms with Crippen molar-refractivity contribution in [3.8, 4) is 0 Å². The van der Waals surface area contributed by atoms with E-state index in [2.05, 4.69) is 27.7 Å². The molecule has 0 saturated carbocycles. The lowest BCUT2D eigenvalue weighted by atomic mass is 10.2. The van der Waals surface area contributed by atoms with Crippen LogP contribution in [0.5, 0.6) is 0 Å². The predicted octanol–water partition coefficient (Wildman–Crippen LogP) is 2.19. The smallest absolute Gasteiger partial charge is 0.150 e. The quantitative estimate of drug-likeness (QED) is 0.736. The van der Waals surface area contributed by atoms with E-state index in [1.807, 2.05) is 17.1 Å². The van der Waals surface area contributed by atoms with E-state index in [1.54, 1.807) is 0 Å². The normalized spacial score (nSPS) is 24.2. The molecule has 0 bridgehead atoms. The van der Waals surface area contributed by atoms with Gasteiger partial charge in [0.1, 0.15) is 6.23 Å². The molecule has 4 heteroatoms. The lowest BCUT2D eigenvalue weighted by molar-refractivity contribution is -0.0395. The first-order valence-electron chi connectivity index (χ1n) is 4.17. The van der Waals surface area contributed by atoms with Crippen LogP contribution < -0.4 is 0 Å². The van der Waals surface area contributed by atoms with E-state index < -0.39 is 0 Å². The molecule has 0 N–H and O–H groups in total. The molecule has 0 aliphatic carbocycles. The van der Waals surface area contributed by atoms with Crippen LogP contribution in [0.15, 0.2) is 12.4 Å². The van der Waals surface area contributed by atoms with Gasteiger partial charge in [0.15, 0.2) is 0 Å². The van der Waals surface area contributed by atoms with Crippen LogP contribution in [-0.2, 0) is 4.74 Å². The Morgan fingerprint density at radius 3 is 3.08 bits per heavy atom. The highest BCUT2D eigenvalue weighted by Crippen LogP contribution is 2.21. The molecule has 1 aromatic rings. The summed E-state index contributed by atoms with van der Waals surface area (Å²) in [5.74, 6) is 0. The van der Waals surface area contributed by atoms with E-state index in [1.165, 1.54) is 16.4 Å². The molecule has 0 aromatic carbocycles. The van der Waals surface area contributed by atoms with Crippen molar-refractivity contribution < 1.29 is 4.74 Å². The van der Waals surface area contributed by atoms with Crippen LogP contribution in [0.3, 0.4) is 0 Å². The monoisotopic (exact) mass is 278 g/mol. The van der Waals surface area contributed by atoms with Gasteiger partial charge in [0, 0.05) is 12.8 Å². The average Bonchev–Trinajstić information content (AvgIpc) is 2.54. The molecule has 3 nitrogen and oxygen atoms in total. The molecule has 1 fully saturated rings. The molecule has 0 spiro atoms. The van der Waals surface area contributed by atoms with Gasteiger partial charge in [-0.2, -0.15) is 5.10 Å². The lowest BCUT2D eigenvalue weighted by Gasteiger charge is -2.22. The molecule has 0 amide bonds. The van der Waals surface area contributed by atoms with Crippen molar-refractivity contribution in [3.05, 3.63) is 16.0 Å². The summed E-state index contributed by atoms with van der Waals surface area (Å²) in [5, 5.41) is 4.22. The number of rotatable bonds is 1. The molecular formula is C8H11IN2O. The molecule has 2 heterocycles. The molecular weight excluding hydrogens is 267 g/mol. The molecule has 1 aromatic heterocycles. The molecule has 1 aliphatic heterocycles. The van der Waals surface area contributed by atoms with Crippen LogP contribution in [0, 0.1) is 3.57 Å². The number of hydrogen-bond donors (Lipinski definition) is 0. The third-order valence-electron chi connectivity index (χ3n) is 2.02. The second-order valence-corrected chi connectivity index (χ2v) is 4.21. The zero-order chi connectivity index (χ0) is 8.39. The van der Waals surface area contributed by atoms with Crippen LogP contribution in [0.25, 0.3) is 0 Å². The molecule has 66 valence electrons. The fraction of sp³-hybridized carbons (Fsp3) is 0.625.